The van der Waals surface area contributed by atoms with Gasteiger partial charge in [0.15, 0.2) is 15.0 Å². The van der Waals surface area contributed by atoms with Crippen LogP contribution in [0, 0.1) is 0 Å². The lowest BCUT2D eigenvalue weighted by Gasteiger charge is -2.21. The molecule has 0 saturated heterocycles. The quantitative estimate of drug-likeness (QED) is 0.340. The molecule has 0 saturated carbocycles. The predicted octanol–water partition coefficient (Wildman–Crippen LogP) is 4.92. The molecule has 0 aliphatic heterocycles. The van der Waals surface area contributed by atoms with Crippen molar-refractivity contribution in [2.45, 2.75) is 24.2 Å². The van der Waals surface area contributed by atoms with Crippen LogP contribution in [0.1, 0.15) is 19.3 Å². The molecule has 0 aliphatic rings. The summed E-state index contributed by atoms with van der Waals surface area (Å²) in [5.41, 5.74) is 0.613. The molecule has 2 aromatic carbocycles. The number of ether oxygens (including phenoxy) is 1. The average molecular weight is 547 g/mol. The Morgan fingerprint density at radius 3 is 2.44 bits per heavy atom. The monoisotopic (exact) mass is 545 g/mol. The molecule has 1 amide bonds. The van der Waals surface area contributed by atoms with Crippen LogP contribution in [0.15, 0.2) is 47.4 Å². The number of carbonyl (C=O) groups is 1. The van der Waals surface area contributed by atoms with Crippen molar-refractivity contribution in [2.75, 3.05) is 44.9 Å². The van der Waals surface area contributed by atoms with Crippen molar-refractivity contribution in [3.05, 3.63) is 47.5 Å². The number of halogens is 2. The number of benzene rings is 2. The molecule has 0 unspecified atom stereocenters. The highest BCUT2D eigenvalue weighted by Crippen LogP contribution is 2.39. The molecule has 0 N–H and O–H groups in total. The van der Waals surface area contributed by atoms with Gasteiger partial charge in [-0.1, -0.05) is 41.1 Å². The molecule has 1 aromatic heterocycles. The van der Waals surface area contributed by atoms with Gasteiger partial charge in [-0.15, -0.1) is 12.4 Å². The maximum Gasteiger partial charge on any atom is 0.228 e. The molecule has 186 valence electrons. The normalized spacial score (nSPS) is 11.4. The van der Waals surface area contributed by atoms with E-state index in [2.05, 4.69) is 4.98 Å². The molecule has 11 heteroatoms. The van der Waals surface area contributed by atoms with Gasteiger partial charge in [-0.2, -0.15) is 0 Å². The minimum atomic E-state index is -3.43. The first-order valence-electron chi connectivity index (χ1n) is 10.6. The topological polar surface area (TPSA) is 79.8 Å². The van der Waals surface area contributed by atoms with Gasteiger partial charge in [-0.3, -0.25) is 9.69 Å². The molecule has 0 aliphatic carbocycles. The first-order chi connectivity index (χ1) is 15.7. The Balaban J connectivity index is 0.00000408. The van der Waals surface area contributed by atoms with Crippen LogP contribution >= 0.6 is 35.3 Å². The lowest BCUT2D eigenvalue weighted by atomic mass is 10.3. The van der Waals surface area contributed by atoms with E-state index >= 15 is 0 Å². The van der Waals surface area contributed by atoms with Gasteiger partial charge in [0.1, 0.15) is 11.3 Å². The van der Waals surface area contributed by atoms with E-state index in [9.17, 15) is 13.2 Å². The summed E-state index contributed by atoms with van der Waals surface area (Å²) in [7, 11) is 2.08. The van der Waals surface area contributed by atoms with E-state index in [1.807, 2.05) is 19.0 Å². The van der Waals surface area contributed by atoms with Crippen molar-refractivity contribution in [3.63, 3.8) is 0 Å². The molecule has 7 nitrogen and oxygen atoms in total. The van der Waals surface area contributed by atoms with Crippen molar-refractivity contribution in [1.82, 2.24) is 9.88 Å². The molecule has 0 radical (unpaired) electrons. The molecule has 3 rings (SSSR count). The summed E-state index contributed by atoms with van der Waals surface area (Å²) >= 11 is 7.69. The Bertz CT molecular complexity index is 1200. The van der Waals surface area contributed by atoms with Gasteiger partial charge in [-0.05, 0) is 57.7 Å². The summed E-state index contributed by atoms with van der Waals surface area (Å²) in [5.74, 6) is 0.339. The van der Waals surface area contributed by atoms with Crippen LogP contribution in [-0.4, -0.2) is 64.3 Å². The maximum absolute atomic E-state index is 13.2. The minimum absolute atomic E-state index is 0. The number of aromatic nitrogens is 1. The lowest BCUT2D eigenvalue weighted by molar-refractivity contribution is -0.118. The number of fused-ring (bicyclic) bond motifs is 1. The Hall–Kier alpha value is -1.91. The molecule has 0 fully saturated rings. The number of carbonyl (C=O) groups excluding carboxylic acids is 1. The molecule has 34 heavy (non-hydrogen) atoms. The molecule has 3 aromatic rings. The number of hydrogen-bond acceptors (Lipinski definition) is 7. The van der Waals surface area contributed by atoms with Crippen molar-refractivity contribution in [2.24, 2.45) is 0 Å². The molecule has 0 atom stereocenters. The Kier molecular flexibility index (Phi) is 10.6. The van der Waals surface area contributed by atoms with Crippen molar-refractivity contribution in [3.8, 4) is 5.75 Å². The van der Waals surface area contributed by atoms with Crippen LogP contribution in [0.25, 0.3) is 10.2 Å². The van der Waals surface area contributed by atoms with Gasteiger partial charge < -0.3 is 9.64 Å². The highest BCUT2D eigenvalue weighted by Gasteiger charge is 2.23. The van der Waals surface area contributed by atoms with E-state index in [4.69, 9.17) is 16.3 Å². The zero-order chi connectivity index (χ0) is 24.0. The number of hydrogen-bond donors (Lipinski definition) is 0. The molecular weight excluding hydrogens is 517 g/mol. The zero-order valence-corrected chi connectivity index (χ0v) is 22.6. The SMILES string of the molecule is COc1ccc(Cl)c2sc(N(CCCN(C)C)C(=O)CCCS(=O)(=O)c3ccccc3)nc12.Cl. The number of anilines is 1. The van der Waals surface area contributed by atoms with Crippen LogP contribution in [0.2, 0.25) is 5.02 Å². The Morgan fingerprint density at radius 1 is 1.09 bits per heavy atom. The summed E-state index contributed by atoms with van der Waals surface area (Å²) in [6.07, 6.45) is 1.09. The Morgan fingerprint density at radius 2 is 1.79 bits per heavy atom. The van der Waals surface area contributed by atoms with Gasteiger partial charge in [0, 0.05) is 13.0 Å². The van der Waals surface area contributed by atoms with Crippen LogP contribution < -0.4 is 9.64 Å². The summed E-state index contributed by atoms with van der Waals surface area (Å²) in [6.45, 7) is 1.28. The third kappa shape index (κ3) is 7.05. The summed E-state index contributed by atoms with van der Waals surface area (Å²) in [4.78, 5) is 21.8. The van der Waals surface area contributed by atoms with E-state index < -0.39 is 9.84 Å². The van der Waals surface area contributed by atoms with Crippen LogP contribution in [0.4, 0.5) is 5.13 Å². The molecule has 0 spiro atoms. The van der Waals surface area contributed by atoms with E-state index in [-0.39, 0.29) is 41.8 Å². The van der Waals surface area contributed by atoms with E-state index in [1.165, 1.54) is 11.3 Å². The standard InChI is InChI=1S/C23H28ClN3O4S2.ClH/c1-26(2)14-8-15-27(23-25-21-19(31-3)13-12-18(24)22(21)32-23)20(28)11-7-16-33(29,30)17-9-5-4-6-10-17;/h4-6,9-10,12-13H,7-8,11,14-16H2,1-3H3;1H. The molecular formula is C23H29Cl2N3O4S2. The van der Waals surface area contributed by atoms with Gasteiger partial charge in [0.05, 0.1) is 27.5 Å². The van der Waals surface area contributed by atoms with Crippen molar-refractivity contribution < 1.29 is 17.9 Å². The van der Waals surface area contributed by atoms with Gasteiger partial charge in [0.25, 0.3) is 0 Å². The third-order valence-corrected chi connectivity index (χ3v) is 8.45. The number of methoxy groups -OCH3 is 1. The second-order valence-electron chi connectivity index (χ2n) is 7.86. The largest absolute Gasteiger partial charge is 0.494 e. The number of nitrogens with zero attached hydrogens (tertiary/aromatic N) is 3. The van der Waals surface area contributed by atoms with Crippen LogP contribution in [0.5, 0.6) is 5.75 Å². The van der Waals surface area contributed by atoms with Crippen molar-refractivity contribution >= 4 is 66.4 Å². The van der Waals surface area contributed by atoms with Gasteiger partial charge in [0.2, 0.25) is 5.91 Å². The average Bonchev–Trinajstić information content (AvgIpc) is 3.23. The van der Waals surface area contributed by atoms with E-state index in [1.54, 1.807) is 54.5 Å². The first-order valence-corrected chi connectivity index (χ1v) is 13.4. The minimum Gasteiger partial charge on any atom is -0.494 e. The number of sulfone groups is 1. The van der Waals surface area contributed by atoms with Crippen molar-refractivity contribution in [1.29, 1.82) is 0 Å². The fraction of sp³-hybridized carbons (Fsp3) is 0.391. The first kappa shape index (κ1) is 28.3. The fourth-order valence-electron chi connectivity index (χ4n) is 3.39. The van der Waals surface area contributed by atoms with E-state index in [0.29, 0.717) is 28.0 Å². The van der Waals surface area contributed by atoms with Gasteiger partial charge >= 0.3 is 0 Å². The highest BCUT2D eigenvalue weighted by atomic mass is 35.5. The van der Waals surface area contributed by atoms with Gasteiger partial charge in [-0.25, -0.2) is 13.4 Å². The van der Waals surface area contributed by atoms with Crippen LogP contribution in [-0.2, 0) is 14.6 Å². The third-order valence-electron chi connectivity index (χ3n) is 5.09. The maximum atomic E-state index is 13.2. The highest BCUT2D eigenvalue weighted by molar-refractivity contribution is 7.91. The fourth-order valence-corrected chi connectivity index (χ4v) is 6.02. The Labute approximate surface area is 216 Å². The second-order valence-corrected chi connectivity index (χ2v) is 11.4. The lowest BCUT2D eigenvalue weighted by Crippen LogP contribution is -2.33. The number of thiazole rings is 1. The van der Waals surface area contributed by atoms with Crippen LogP contribution in [0.3, 0.4) is 0 Å². The predicted molar refractivity (Wildman–Crippen MR) is 142 cm³/mol. The second kappa shape index (κ2) is 12.7. The number of rotatable bonds is 11. The summed E-state index contributed by atoms with van der Waals surface area (Å²) < 4.78 is 31.3. The zero-order valence-electron chi connectivity index (χ0n) is 19.4. The molecule has 0 bridgehead atoms. The number of amides is 1. The summed E-state index contributed by atoms with van der Waals surface area (Å²) in [6, 6.07) is 11.8. The molecule has 1 heterocycles. The smallest absolute Gasteiger partial charge is 0.228 e. The summed E-state index contributed by atoms with van der Waals surface area (Å²) in [5, 5.41) is 1.08. The van der Waals surface area contributed by atoms with E-state index in [0.717, 1.165) is 17.7 Å².